The van der Waals surface area contributed by atoms with Crippen LogP contribution < -0.4 is 0 Å². The second kappa shape index (κ2) is 14.3. The van der Waals surface area contributed by atoms with Crippen molar-refractivity contribution < 1.29 is 32.7 Å². The van der Waals surface area contributed by atoms with Gasteiger partial charge in [-0.2, -0.15) is 0 Å². The molecule has 0 atom stereocenters. The van der Waals surface area contributed by atoms with Crippen LogP contribution in [0.15, 0.2) is 144 Å². The smallest absolute Gasteiger partial charge is 0.128 e. The number of hydrogen-bond acceptors (Lipinski definition) is 3. The second-order valence-corrected chi connectivity index (χ2v) is 12.1. The van der Waals surface area contributed by atoms with E-state index < -0.39 is 13.7 Å². The first-order chi connectivity index (χ1) is 26.9. The Morgan fingerprint density at radius 1 is 0.667 bits per heavy atom. The van der Waals surface area contributed by atoms with Crippen LogP contribution in [0.3, 0.4) is 0 Å². The number of aromatic nitrogens is 3. The molecule has 1 radical (unpaired) electrons. The standard InChI is InChI=1S/C25H18NO.C21H17N2.Ir/c1-16-14-23(26-15-17(16)2)22-13-7-12-21-20-11-6-10-19(24(20)27-25(21)22)18-8-4-3-5-9-18;1-15-9-8-10-16(2)20(15)23-19-14-7-6-13-18(19)22-21(23)17-11-4-3-5-12-17;/h3-12,14-15H,1-2H3;3-11,13-14H,1-2H3;/q2*-1;/i1D3,2D3;;. The fourth-order valence-corrected chi connectivity index (χ4v) is 6.51. The molecule has 0 aliphatic rings. The Kier molecular flexibility index (Phi) is 7.63. The zero-order valence-corrected chi connectivity index (χ0v) is 30.3. The molecular formula is C46H35IrN3O-2. The summed E-state index contributed by atoms with van der Waals surface area (Å²) in [6.07, 6.45) is 1.12. The number of rotatable bonds is 4. The topological polar surface area (TPSA) is 43.9 Å². The van der Waals surface area contributed by atoms with Crippen LogP contribution in [0.4, 0.5) is 0 Å². The third kappa shape index (κ3) is 6.31. The summed E-state index contributed by atoms with van der Waals surface area (Å²) in [5.74, 6) is 0.934. The minimum absolute atomic E-state index is 0. The molecule has 0 bridgehead atoms. The third-order valence-corrected chi connectivity index (χ3v) is 8.88. The van der Waals surface area contributed by atoms with Crippen molar-refractivity contribution in [1.29, 1.82) is 0 Å². The monoisotopic (exact) mass is 844 g/mol. The first-order valence-electron chi connectivity index (χ1n) is 19.3. The summed E-state index contributed by atoms with van der Waals surface area (Å²) < 4.78 is 55.2. The van der Waals surface area contributed by atoms with Crippen molar-refractivity contribution in [3.8, 4) is 39.5 Å². The minimum Gasteiger partial charge on any atom is -0.500 e. The summed E-state index contributed by atoms with van der Waals surface area (Å²) in [4.78, 5) is 9.16. The number of hydrogen-bond donors (Lipinski definition) is 0. The molecule has 9 rings (SSSR count). The number of imidazole rings is 1. The number of fused-ring (bicyclic) bond motifs is 4. The molecule has 0 aliphatic carbocycles. The summed E-state index contributed by atoms with van der Waals surface area (Å²) in [5, 5.41) is 1.76. The van der Waals surface area contributed by atoms with Crippen LogP contribution in [0.1, 0.15) is 30.5 Å². The maximum absolute atomic E-state index is 7.85. The van der Waals surface area contributed by atoms with Crippen molar-refractivity contribution in [2.75, 3.05) is 0 Å². The van der Waals surface area contributed by atoms with Crippen LogP contribution in [0.25, 0.3) is 72.4 Å². The van der Waals surface area contributed by atoms with Crippen molar-refractivity contribution in [2.45, 2.75) is 27.6 Å². The van der Waals surface area contributed by atoms with E-state index in [1.54, 1.807) is 6.07 Å². The average Bonchev–Trinajstić information content (AvgIpc) is 3.77. The Hall–Kier alpha value is -5.61. The van der Waals surface area contributed by atoms with Crippen LogP contribution in [-0.2, 0) is 20.1 Å². The molecule has 0 N–H and O–H groups in total. The zero-order chi connectivity index (χ0) is 39.2. The van der Waals surface area contributed by atoms with E-state index in [9.17, 15) is 0 Å². The van der Waals surface area contributed by atoms with E-state index in [1.807, 2.05) is 78.9 Å². The van der Waals surface area contributed by atoms with E-state index in [-0.39, 0.29) is 31.2 Å². The summed E-state index contributed by atoms with van der Waals surface area (Å²) in [6.45, 7) is -0.899. The maximum atomic E-state index is 7.85. The quantitative estimate of drug-likeness (QED) is 0.166. The summed E-state index contributed by atoms with van der Waals surface area (Å²) in [7, 11) is 0. The van der Waals surface area contributed by atoms with Crippen molar-refractivity contribution >= 4 is 33.0 Å². The van der Waals surface area contributed by atoms with Gasteiger partial charge in [0.2, 0.25) is 0 Å². The zero-order valence-electron chi connectivity index (χ0n) is 33.9. The third-order valence-electron chi connectivity index (χ3n) is 8.88. The molecule has 51 heavy (non-hydrogen) atoms. The van der Waals surface area contributed by atoms with Crippen LogP contribution in [0, 0.1) is 39.7 Å². The molecule has 251 valence electrons. The molecule has 0 unspecified atom stereocenters. The van der Waals surface area contributed by atoms with Crippen LogP contribution in [-0.4, -0.2) is 14.5 Å². The molecule has 5 heteroatoms. The molecule has 0 spiro atoms. The summed E-state index contributed by atoms with van der Waals surface area (Å²) in [5.41, 5.74) is 10.2. The van der Waals surface area contributed by atoms with Gasteiger partial charge in [0, 0.05) is 51.2 Å². The van der Waals surface area contributed by atoms with E-state index in [2.05, 4.69) is 78.0 Å². The van der Waals surface area contributed by atoms with E-state index in [0.717, 1.165) is 50.5 Å². The van der Waals surface area contributed by atoms with Gasteiger partial charge in [0.1, 0.15) is 5.58 Å². The fourth-order valence-electron chi connectivity index (χ4n) is 6.51. The number of aryl methyl sites for hydroxylation is 4. The van der Waals surface area contributed by atoms with Gasteiger partial charge in [-0.15, -0.1) is 54.1 Å². The Labute approximate surface area is 320 Å². The van der Waals surface area contributed by atoms with Gasteiger partial charge in [0.25, 0.3) is 0 Å². The molecule has 0 saturated carbocycles. The molecule has 0 saturated heterocycles. The van der Waals surface area contributed by atoms with Crippen molar-refractivity contribution in [3.05, 3.63) is 174 Å². The van der Waals surface area contributed by atoms with Gasteiger partial charge in [-0.25, -0.2) is 0 Å². The predicted octanol–water partition coefficient (Wildman–Crippen LogP) is 11.8. The molecular weight excluding hydrogens is 803 g/mol. The summed E-state index contributed by atoms with van der Waals surface area (Å²) >= 11 is 0. The van der Waals surface area contributed by atoms with Crippen LogP contribution >= 0.6 is 0 Å². The Bertz CT molecular complexity index is 2840. The molecule has 9 aromatic rings. The van der Waals surface area contributed by atoms with Crippen molar-refractivity contribution in [2.24, 2.45) is 0 Å². The predicted molar refractivity (Wildman–Crippen MR) is 206 cm³/mol. The van der Waals surface area contributed by atoms with Gasteiger partial charge < -0.3 is 14.0 Å². The Morgan fingerprint density at radius 2 is 1.41 bits per heavy atom. The van der Waals surface area contributed by atoms with E-state index in [4.69, 9.17) is 17.6 Å². The largest absolute Gasteiger partial charge is 0.500 e. The van der Waals surface area contributed by atoms with Crippen molar-refractivity contribution in [1.82, 2.24) is 14.5 Å². The number of nitrogens with zero attached hydrogens (tertiary/aromatic N) is 3. The molecule has 0 aliphatic heterocycles. The average molecular weight is 844 g/mol. The number of para-hydroxylation sites is 4. The number of pyridine rings is 1. The first-order valence-corrected chi connectivity index (χ1v) is 16.3. The van der Waals surface area contributed by atoms with Gasteiger partial charge in [-0.05, 0) is 67.6 Å². The van der Waals surface area contributed by atoms with Gasteiger partial charge in [0.05, 0.1) is 22.4 Å². The van der Waals surface area contributed by atoms with Crippen LogP contribution in [0.2, 0.25) is 0 Å². The van der Waals surface area contributed by atoms with Crippen LogP contribution in [0.5, 0.6) is 0 Å². The van der Waals surface area contributed by atoms with Crippen molar-refractivity contribution in [3.63, 3.8) is 0 Å². The van der Waals surface area contributed by atoms with Gasteiger partial charge in [0.15, 0.2) is 0 Å². The van der Waals surface area contributed by atoms with Gasteiger partial charge >= 0.3 is 0 Å². The second-order valence-electron chi connectivity index (χ2n) is 12.1. The summed E-state index contributed by atoms with van der Waals surface area (Å²) in [6, 6.07) is 49.8. The Morgan fingerprint density at radius 3 is 2.20 bits per heavy atom. The maximum Gasteiger partial charge on any atom is 0.128 e. The number of benzene rings is 6. The molecule has 0 fully saturated rings. The van der Waals surface area contributed by atoms with Gasteiger partial charge in [-0.1, -0.05) is 101 Å². The first kappa shape index (κ1) is 27.2. The minimum atomic E-state index is -2.61. The SMILES string of the molecule is Cc1cccc(C)c1-n1c(-c2[c-]cccc2)nc2ccccc21.[2H]C([2H])([2H])c1cnc(-c2[c-]ccc3c2oc2c(-c4ccccc4)cccc23)cc1C([2H])([2H])[2H].[Ir]. The van der Waals surface area contributed by atoms with E-state index in [1.165, 1.54) is 22.9 Å². The van der Waals surface area contributed by atoms with Gasteiger partial charge in [-0.3, -0.25) is 4.98 Å². The molecule has 3 heterocycles. The Balaban J connectivity index is 0.000000182. The molecule has 0 amide bonds. The molecule has 4 nitrogen and oxygen atoms in total. The van der Waals surface area contributed by atoms with E-state index >= 15 is 0 Å². The molecule has 3 aromatic heterocycles. The number of furan rings is 1. The van der Waals surface area contributed by atoms with E-state index in [0.29, 0.717) is 22.4 Å². The molecule has 6 aromatic carbocycles. The fraction of sp³-hybridized carbons (Fsp3) is 0.0870. The normalized spacial score (nSPS) is 13.2.